The number of aromatic nitrogens is 2. The zero-order valence-corrected chi connectivity index (χ0v) is 18.6. The van der Waals surface area contributed by atoms with E-state index in [0.717, 1.165) is 48.4 Å². The molecule has 3 aromatic rings. The van der Waals surface area contributed by atoms with Gasteiger partial charge in [0.2, 0.25) is 5.91 Å². The number of piperidine rings is 1. The van der Waals surface area contributed by atoms with Crippen molar-refractivity contribution in [2.75, 3.05) is 32.6 Å². The van der Waals surface area contributed by atoms with Gasteiger partial charge in [0.05, 0.1) is 19.0 Å². The van der Waals surface area contributed by atoms with Gasteiger partial charge < -0.3 is 19.7 Å². The molecular formula is C25H30N4O3. The highest BCUT2D eigenvalue weighted by molar-refractivity contribution is 5.93. The van der Waals surface area contributed by atoms with E-state index in [-0.39, 0.29) is 12.0 Å². The van der Waals surface area contributed by atoms with Crippen LogP contribution in [0.2, 0.25) is 0 Å². The summed E-state index contributed by atoms with van der Waals surface area (Å²) in [5.41, 5.74) is 3.75. The molecule has 168 valence electrons. The summed E-state index contributed by atoms with van der Waals surface area (Å²) in [6, 6.07) is 13.7. The Labute approximate surface area is 188 Å². The maximum Gasteiger partial charge on any atom is 0.224 e. The number of rotatable bonds is 8. The minimum atomic E-state index is -0.0443. The molecule has 1 amide bonds. The van der Waals surface area contributed by atoms with Gasteiger partial charge in [0, 0.05) is 31.3 Å². The highest BCUT2D eigenvalue weighted by Gasteiger charge is 2.20. The molecule has 0 spiro atoms. The molecule has 1 saturated heterocycles. The number of nitrogens with zero attached hydrogens (tertiary/aromatic N) is 2. The average Bonchev–Trinajstić information content (AvgIpc) is 3.35. The van der Waals surface area contributed by atoms with Crippen molar-refractivity contribution in [3.05, 3.63) is 60.4 Å². The second kappa shape index (κ2) is 10.3. The van der Waals surface area contributed by atoms with Crippen LogP contribution < -0.4 is 14.8 Å². The van der Waals surface area contributed by atoms with Crippen LogP contribution >= 0.6 is 0 Å². The number of aryl methyl sites for hydroxylation is 1. The van der Waals surface area contributed by atoms with Gasteiger partial charge in [0.1, 0.15) is 17.6 Å². The van der Waals surface area contributed by atoms with Crippen LogP contribution in [0.25, 0.3) is 11.1 Å². The molecule has 0 atom stereocenters. The lowest BCUT2D eigenvalue weighted by atomic mass is 10.1. The maximum atomic E-state index is 12.7. The number of benzene rings is 2. The molecule has 7 nitrogen and oxygen atoms in total. The molecule has 0 unspecified atom stereocenters. The fourth-order valence-electron chi connectivity index (χ4n) is 3.89. The molecule has 1 fully saturated rings. The van der Waals surface area contributed by atoms with Gasteiger partial charge in [-0.3, -0.25) is 9.89 Å². The van der Waals surface area contributed by atoms with E-state index in [2.05, 4.69) is 27.5 Å². The number of H-pyrrole nitrogens is 1. The first-order valence-electron chi connectivity index (χ1n) is 11.0. The summed E-state index contributed by atoms with van der Waals surface area (Å²) in [6.07, 6.45) is 6.72. The van der Waals surface area contributed by atoms with Crippen molar-refractivity contribution in [2.45, 2.75) is 31.8 Å². The lowest BCUT2D eigenvalue weighted by Gasteiger charge is -2.30. The largest absolute Gasteiger partial charge is 0.497 e. The SMILES string of the molecule is COc1cccc(CCC(=O)Nc2ccc(-c3cn[nH]c3)cc2OC2CCN(C)CC2)c1. The Morgan fingerprint density at radius 2 is 2.03 bits per heavy atom. The molecule has 1 aromatic heterocycles. The van der Waals surface area contributed by atoms with Crippen molar-refractivity contribution in [1.82, 2.24) is 15.1 Å². The number of likely N-dealkylation sites (tertiary alicyclic amines) is 1. The number of hydrogen-bond acceptors (Lipinski definition) is 5. The van der Waals surface area contributed by atoms with Gasteiger partial charge in [0.15, 0.2) is 0 Å². The van der Waals surface area contributed by atoms with E-state index in [1.54, 1.807) is 13.3 Å². The van der Waals surface area contributed by atoms with Crippen LogP contribution in [0.15, 0.2) is 54.9 Å². The summed E-state index contributed by atoms with van der Waals surface area (Å²) in [6.45, 7) is 2.02. The van der Waals surface area contributed by atoms with E-state index in [0.29, 0.717) is 24.3 Å². The van der Waals surface area contributed by atoms with Gasteiger partial charge in [0.25, 0.3) is 0 Å². The van der Waals surface area contributed by atoms with Crippen molar-refractivity contribution in [1.29, 1.82) is 0 Å². The smallest absolute Gasteiger partial charge is 0.224 e. The van der Waals surface area contributed by atoms with E-state index in [9.17, 15) is 4.79 Å². The lowest BCUT2D eigenvalue weighted by Crippen LogP contribution is -2.35. The number of nitrogens with one attached hydrogen (secondary N) is 2. The number of carbonyl (C=O) groups excluding carboxylic acids is 1. The second-order valence-corrected chi connectivity index (χ2v) is 8.22. The third kappa shape index (κ3) is 5.68. The number of ether oxygens (including phenoxy) is 2. The maximum absolute atomic E-state index is 12.7. The molecule has 2 N–H and O–H groups in total. The number of anilines is 1. The first-order valence-corrected chi connectivity index (χ1v) is 11.0. The molecule has 7 heteroatoms. The van der Waals surface area contributed by atoms with Crippen molar-refractivity contribution >= 4 is 11.6 Å². The Hall–Kier alpha value is -3.32. The van der Waals surface area contributed by atoms with E-state index >= 15 is 0 Å². The second-order valence-electron chi connectivity index (χ2n) is 8.22. The molecule has 4 rings (SSSR count). The van der Waals surface area contributed by atoms with Gasteiger partial charge in [-0.15, -0.1) is 0 Å². The highest BCUT2D eigenvalue weighted by Crippen LogP contribution is 2.33. The summed E-state index contributed by atoms with van der Waals surface area (Å²) >= 11 is 0. The normalized spacial score (nSPS) is 14.8. The van der Waals surface area contributed by atoms with Crippen LogP contribution in [0.5, 0.6) is 11.5 Å². The summed E-state index contributed by atoms with van der Waals surface area (Å²) in [4.78, 5) is 15.0. The number of amides is 1. The van der Waals surface area contributed by atoms with Gasteiger partial charge in [-0.2, -0.15) is 5.10 Å². The lowest BCUT2D eigenvalue weighted by molar-refractivity contribution is -0.116. The Morgan fingerprint density at radius 3 is 2.78 bits per heavy atom. The van der Waals surface area contributed by atoms with Crippen LogP contribution in [0, 0.1) is 0 Å². The molecule has 0 saturated carbocycles. The van der Waals surface area contributed by atoms with Crippen LogP contribution in [-0.4, -0.2) is 54.4 Å². The van der Waals surface area contributed by atoms with Crippen molar-refractivity contribution < 1.29 is 14.3 Å². The zero-order chi connectivity index (χ0) is 22.3. The first kappa shape index (κ1) is 21.9. The molecule has 1 aliphatic rings. The Morgan fingerprint density at radius 1 is 1.19 bits per heavy atom. The third-order valence-corrected chi connectivity index (χ3v) is 5.82. The predicted octanol–water partition coefficient (Wildman–Crippen LogP) is 4.13. The van der Waals surface area contributed by atoms with Crippen molar-refractivity contribution in [2.24, 2.45) is 0 Å². The Kier molecular flexibility index (Phi) is 7.07. The molecule has 0 aliphatic carbocycles. The van der Waals surface area contributed by atoms with Crippen molar-refractivity contribution in [3.63, 3.8) is 0 Å². The average molecular weight is 435 g/mol. The summed E-state index contributed by atoms with van der Waals surface area (Å²) in [7, 11) is 3.77. The predicted molar refractivity (Wildman–Crippen MR) is 125 cm³/mol. The standard InChI is InChI=1S/C25H30N4O3/c1-29-12-10-21(11-13-29)32-24-15-19(20-16-26-27-17-20)7-8-23(24)28-25(30)9-6-18-4-3-5-22(14-18)31-2/h3-5,7-8,14-17,21H,6,9-13H2,1-2H3,(H,26,27)(H,28,30). The first-order chi connectivity index (χ1) is 15.6. The number of aromatic amines is 1. The molecule has 32 heavy (non-hydrogen) atoms. The van der Waals surface area contributed by atoms with E-state index in [4.69, 9.17) is 9.47 Å². The van der Waals surface area contributed by atoms with Gasteiger partial charge in [-0.1, -0.05) is 18.2 Å². The zero-order valence-electron chi connectivity index (χ0n) is 18.6. The minimum Gasteiger partial charge on any atom is -0.497 e. The number of methoxy groups -OCH3 is 1. The molecule has 1 aliphatic heterocycles. The molecule has 2 aromatic carbocycles. The quantitative estimate of drug-likeness (QED) is 0.557. The van der Waals surface area contributed by atoms with Gasteiger partial charge in [-0.05, 0) is 61.7 Å². The van der Waals surface area contributed by atoms with Gasteiger partial charge in [-0.25, -0.2) is 0 Å². The minimum absolute atomic E-state index is 0.0443. The fraction of sp³-hybridized carbons (Fsp3) is 0.360. The van der Waals surface area contributed by atoms with Crippen LogP contribution in [0.3, 0.4) is 0 Å². The van der Waals surface area contributed by atoms with Gasteiger partial charge >= 0.3 is 0 Å². The van der Waals surface area contributed by atoms with E-state index in [1.165, 1.54) is 0 Å². The monoisotopic (exact) mass is 434 g/mol. The van der Waals surface area contributed by atoms with Crippen LogP contribution in [0.1, 0.15) is 24.8 Å². The van der Waals surface area contributed by atoms with E-state index in [1.807, 2.05) is 48.7 Å². The molecule has 0 radical (unpaired) electrons. The Balaban J connectivity index is 1.46. The molecular weight excluding hydrogens is 404 g/mol. The number of hydrogen-bond donors (Lipinski definition) is 2. The number of carbonyl (C=O) groups is 1. The van der Waals surface area contributed by atoms with Crippen LogP contribution in [-0.2, 0) is 11.2 Å². The topological polar surface area (TPSA) is 79.5 Å². The highest BCUT2D eigenvalue weighted by atomic mass is 16.5. The third-order valence-electron chi connectivity index (χ3n) is 5.82. The van der Waals surface area contributed by atoms with E-state index < -0.39 is 0 Å². The van der Waals surface area contributed by atoms with Crippen LogP contribution in [0.4, 0.5) is 5.69 Å². The summed E-state index contributed by atoms with van der Waals surface area (Å²) < 4.78 is 11.6. The molecule has 0 bridgehead atoms. The van der Waals surface area contributed by atoms with Crippen molar-refractivity contribution in [3.8, 4) is 22.6 Å². The summed E-state index contributed by atoms with van der Waals surface area (Å²) in [5, 5.41) is 9.94. The summed E-state index contributed by atoms with van der Waals surface area (Å²) in [5.74, 6) is 1.46. The molecule has 2 heterocycles. The Bertz CT molecular complexity index is 1030. The fourth-order valence-corrected chi connectivity index (χ4v) is 3.89.